The molecule has 0 aromatic heterocycles. The standard InChI is InChI=1S/C39H25Br/c1-39(2)37-23-28(40)19-22-33(37)36-24-34-31(20-17-26-11-5-3-6-12-26)29-15-9-10-16-30(29)32(35(34)25-38(36)39)21-18-27-13-7-4-8-14-27/h3-16,19,22-25H,1-2H3. The van der Waals surface area contributed by atoms with Gasteiger partial charge >= 0.3 is 0 Å². The Labute approximate surface area is 243 Å². The highest BCUT2D eigenvalue weighted by Crippen LogP contribution is 2.51. The molecule has 1 aliphatic carbocycles. The van der Waals surface area contributed by atoms with Gasteiger partial charge in [-0.3, -0.25) is 0 Å². The van der Waals surface area contributed by atoms with Crippen LogP contribution in [-0.4, -0.2) is 0 Å². The van der Waals surface area contributed by atoms with Crippen LogP contribution in [0.4, 0.5) is 0 Å². The maximum Gasteiger partial charge on any atom is 0.0407 e. The third-order valence-corrected chi connectivity index (χ3v) is 8.49. The minimum atomic E-state index is -0.131. The molecular formula is C39H25Br. The van der Waals surface area contributed by atoms with Crippen LogP contribution in [0.5, 0.6) is 0 Å². The van der Waals surface area contributed by atoms with Gasteiger partial charge in [0, 0.05) is 32.1 Å². The summed E-state index contributed by atoms with van der Waals surface area (Å²) in [6.07, 6.45) is 0. The molecule has 7 rings (SSSR count). The molecule has 0 aliphatic heterocycles. The van der Waals surface area contributed by atoms with Gasteiger partial charge in [0.2, 0.25) is 0 Å². The average Bonchev–Trinajstić information content (AvgIpc) is 3.20. The van der Waals surface area contributed by atoms with Crippen molar-refractivity contribution < 1.29 is 0 Å². The van der Waals surface area contributed by atoms with Gasteiger partial charge in [-0.15, -0.1) is 0 Å². The van der Waals surface area contributed by atoms with E-state index >= 15 is 0 Å². The van der Waals surface area contributed by atoms with E-state index in [1.165, 1.54) is 22.3 Å². The fraction of sp³-hybridized carbons (Fsp3) is 0.0769. The van der Waals surface area contributed by atoms with Crippen molar-refractivity contribution in [1.82, 2.24) is 0 Å². The highest BCUT2D eigenvalue weighted by Gasteiger charge is 2.36. The van der Waals surface area contributed by atoms with Gasteiger partial charge in [-0.2, -0.15) is 0 Å². The Balaban J connectivity index is 1.60. The van der Waals surface area contributed by atoms with Crippen molar-refractivity contribution in [2.75, 3.05) is 0 Å². The summed E-state index contributed by atoms with van der Waals surface area (Å²) >= 11 is 3.71. The van der Waals surface area contributed by atoms with Crippen LogP contribution in [0, 0.1) is 23.7 Å². The summed E-state index contributed by atoms with van der Waals surface area (Å²) in [5.74, 6) is 14.1. The van der Waals surface area contributed by atoms with Crippen LogP contribution in [0.15, 0.2) is 120 Å². The molecule has 1 heteroatoms. The van der Waals surface area contributed by atoms with E-state index < -0.39 is 0 Å². The van der Waals surface area contributed by atoms with Gasteiger partial charge in [-0.1, -0.05) is 120 Å². The summed E-state index contributed by atoms with van der Waals surface area (Å²) < 4.78 is 1.10. The quantitative estimate of drug-likeness (QED) is 0.125. The second kappa shape index (κ2) is 9.57. The first-order valence-electron chi connectivity index (χ1n) is 13.5. The van der Waals surface area contributed by atoms with Gasteiger partial charge in [0.15, 0.2) is 0 Å². The summed E-state index contributed by atoms with van der Waals surface area (Å²) in [5.41, 5.74) is 9.21. The Morgan fingerprint density at radius 1 is 0.475 bits per heavy atom. The monoisotopic (exact) mass is 572 g/mol. The summed E-state index contributed by atoms with van der Waals surface area (Å²) in [7, 11) is 0. The fourth-order valence-corrected chi connectivity index (χ4v) is 6.32. The van der Waals surface area contributed by atoms with Crippen LogP contribution in [0.1, 0.15) is 47.2 Å². The van der Waals surface area contributed by atoms with E-state index in [0.717, 1.165) is 48.3 Å². The van der Waals surface area contributed by atoms with E-state index in [9.17, 15) is 0 Å². The number of fused-ring (bicyclic) bond motifs is 5. The Hall–Kier alpha value is -4.56. The smallest absolute Gasteiger partial charge is 0.0407 e. The number of hydrogen-bond acceptors (Lipinski definition) is 0. The van der Waals surface area contributed by atoms with E-state index in [1.54, 1.807) is 0 Å². The minimum Gasteiger partial charge on any atom is -0.0622 e. The normalized spacial score (nSPS) is 12.7. The second-order valence-corrected chi connectivity index (χ2v) is 11.7. The Bertz CT molecular complexity index is 2080. The molecule has 0 spiro atoms. The molecule has 0 amide bonds. The molecule has 188 valence electrons. The molecule has 0 nitrogen and oxygen atoms in total. The first kappa shape index (κ1) is 24.5. The van der Waals surface area contributed by atoms with Crippen LogP contribution in [0.2, 0.25) is 0 Å². The maximum atomic E-state index is 3.71. The van der Waals surface area contributed by atoms with Crippen molar-refractivity contribution in [1.29, 1.82) is 0 Å². The summed E-state index contributed by atoms with van der Waals surface area (Å²) in [5, 5.41) is 4.55. The molecule has 0 bridgehead atoms. The lowest BCUT2D eigenvalue weighted by atomic mass is 9.81. The zero-order valence-electron chi connectivity index (χ0n) is 22.3. The highest BCUT2D eigenvalue weighted by molar-refractivity contribution is 9.10. The number of rotatable bonds is 0. The molecular weight excluding hydrogens is 548 g/mol. The zero-order chi connectivity index (χ0) is 27.3. The second-order valence-electron chi connectivity index (χ2n) is 10.8. The van der Waals surface area contributed by atoms with Crippen molar-refractivity contribution in [2.24, 2.45) is 0 Å². The molecule has 0 fully saturated rings. The number of hydrogen-bond donors (Lipinski definition) is 0. The van der Waals surface area contributed by atoms with E-state index in [1.807, 2.05) is 36.4 Å². The van der Waals surface area contributed by atoms with Crippen LogP contribution in [0.3, 0.4) is 0 Å². The lowest BCUT2D eigenvalue weighted by Gasteiger charge is -2.22. The molecule has 6 aromatic rings. The first-order chi connectivity index (χ1) is 19.5. The molecule has 1 aliphatic rings. The topological polar surface area (TPSA) is 0 Å². The molecule has 0 atom stereocenters. The van der Waals surface area contributed by atoms with E-state index in [2.05, 4.69) is 132 Å². The molecule has 0 heterocycles. The van der Waals surface area contributed by atoms with Gasteiger partial charge in [0.1, 0.15) is 0 Å². The molecule has 0 unspecified atom stereocenters. The largest absolute Gasteiger partial charge is 0.0622 e. The first-order valence-corrected chi connectivity index (χ1v) is 14.3. The number of benzene rings is 6. The molecule has 0 saturated heterocycles. The SMILES string of the molecule is CC1(C)c2cc(Br)ccc2-c2cc3c(C#Cc4ccccc4)c4ccccc4c(C#Cc4ccccc4)c3cc21. The van der Waals surface area contributed by atoms with E-state index in [-0.39, 0.29) is 5.41 Å². The van der Waals surface area contributed by atoms with Crippen molar-refractivity contribution >= 4 is 37.5 Å². The fourth-order valence-electron chi connectivity index (χ4n) is 5.96. The Kier molecular flexibility index (Phi) is 5.86. The van der Waals surface area contributed by atoms with E-state index in [0.29, 0.717) is 0 Å². The highest BCUT2D eigenvalue weighted by atomic mass is 79.9. The Morgan fingerprint density at radius 2 is 0.975 bits per heavy atom. The lowest BCUT2D eigenvalue weighted by Crippen LogP contribution is -2.15. The van der Waals surface area contributed by atoms with Gasteiger partial charge in [-0.05, 0) is 92.3 Å². The van der Waals surface area contributed by atoms with Crippen LogP contribution in [-0.2, 0) is 5.41 Å². The van der Waals surface area contributed by atoms with Gasteiger partial charge < -0.3 is 0 Å². The predicted molar refractivity (Wildman–Crippen MR) is 172 cm³/mol. The average molecular weight is 574 g/mol. The Morgan fingerprint density at radius 3 is 1.55 bits per heavy atom. The van der Waals surface area contributed by atoms with Crippen LogP contribution in [0.25, 0.3) is 32.7 Å². The third-order valence-electron chi connectivity index (χ3n) is 7.99. The van der Waals surface area contributed by atoms with Gasteiger partial charge in [0.25, 0.3) is 0 Å². The maximum absolute atomic E-state index is 3.71. The summed E-state index contributed by atoms with van der Waals surface area (Å²) in [6.45, 7) is 4.64. The molecule has 0 N–H and O–H groups in total. The molecule has 0 saturated carbocycles. The third kappa shape index (κ3) is 4.03. The minimum absolute atomic E-state index is 0.131. The molecule has 6 aromatic carbocycles. The van der Waals surface area contributed by atoms with Gasteiger partial charge in [-0.25, -0.2) is 0 Å². The molecule has 40 heavy (non-hydrogen) atoms. The van der Waals surface area contributed by atoms with Crippen LogP contribution < -0.4 is 0 Å². The van der Waals surface area contributed by atoms with Gasteiger partial charge in [0.05, 0.1) is 0 Å². The molecule has 0 radical (unpaired) electrons. The predicted octanol–water partition coefficient (Wildman–Crippen LogP) is 9.86. The van der Waals surface area contributed by atoms with Crippen molar-refractivity contribution in [2.45, 2.75) is 19.3 Å². The van der Waals surface area contributed by atoms with Crippen molar-refractivity contribution in [3.8, 4) is 34.8 Å². The van der Waals surface area contributed by atoms with Crippen LogP contribution >= 0.6 is 15.9 Å². The summed E-state index contributed by atoms with van der Waals surface area (Å²) in [6, 6.07) is 40.4. The lowest BCUT2D eigenvalue weighted by molar-refractivity contribution is 0.661. The van der Waals surface area contributed by atoms with E-state index in [4.69, 9.17) is 0 Å². The van der Waals surface area contributed by atoms with Crippen molar-refractivity contribution in [3.63, 3.8) is 0 Å². The van der Waals surface area contributed by atoms with Crippen molar-refractivity contribution in [3.05, 3.63) is 153 Å². The summed E-state index contributed by atoms with van der Waals surface area (Å²) in [4.78, 5) is 0. The number of halogens is 1. The zero-order valence-corrected chi connectivity index (χ0v) is 23.9.